The zero-order valence-electron chi connectivity index (χ0n) is 8.20. The Kier molecular flexibility index (Phi) is 2.07. The molecule has 0 bridgehead atoms. The Hall–Kier alpha value is -0.900. The molecule has 0 saturated heterocycles. The van der Waals surface area contributed by atoms with Crippen molar-refractivity contribution < 1.29 is 0 Å². The van der Waals surface area contributed by atoms with Crippen LogP contribution in [0, 0.1) is 6.92 Å². The van der Waals surface area contributed by atoms with Crippen molar-refractivity contribution >= 4 is 0 Å². The van der Waals surface area contributed by atoms with Gasteiger partial charge in [-0.3, -0.25) is 0 Å². The summed E-state index contributed by atoms with van der Waals surface area (Å²) in [5, 5.41) is 8.25. The molecule has 2 atom stereocenters. The Morgan fingerprint density at radius 1 is 1.38 bits per heavy atom. The molecule has 1 fully saturated rings. The van der Waals surface area contributed by atoms with Crippen molar-refractivity contribution in [3.63, 3.8) is 0 Å². The van der Waals surface area contributed by atoms with E-state index < -0.39 is 0 Å². The van der Waals surface area contributed by atoms with E-state index in [0.29, 0.717) is 12.0 Å². The molecule has 1 aliphatic carbocycles. The average Bonchev–Trinajstić information content (AvgIpc) is 2.62. The molecule has 0 radical (unpaired) electrons. The molecule has 4 heteroatoms. The quantitative estimate of drug-likeness (QED) is 0.692. The van der Waals surface area contributed by atoms with Crippen molar-refractivity contribution in [2.75, 3.05) is 0 Å². The molecule has 2 rings (SSSR count). The van der Waals surface area contributed by atoms with E-state index in [1.54, 1.807) is 0 Å². The second-order valence-electron chi connectivity index (χ2n) is 3.93. The third-order valence-corrected chi connectivity index (χ3v) is 2.96. The maximum Gasteiger partial charge on any atom is 0.135 e. The van der Waals surface area contributed by atoms with Crippen LogP contribution in [0.1, 0.15) is 36.8 Å². The maximum atomic E-state index is 5.86. The highest BCUT2D eigenvalue weighted by atomic mass is 15.3. The van der Waals surface area contributed by atoms with Crippen molar-refractivity contribution in [2.24, 2.45) is 12.8 Å². The Morgan fingerprint density at radius 3 is 2.62 bits per heavy atom. The van der Waals surface area contributed by atoms with Crippen molar-refractivity contribution in [1.82, 2.24) is 14.8 Å². The smallest absolute Gasteiger partial charge is 0.135 e. The van der Waals surface area contributed by atoms with E-state index in [2.05, 4.69) is 14.8 Å². The molecular formula is C9H16N4. The van der Waals surface area contributed by atoms with E-state index in [1.807, 2.05) is 14.0 Å². The maximum absolute atomic E-state index is 5.86. The Labute approximate surface area is 78.1 Å². The SMILES string of the molecule is Cc1nnc(C2CCC(N)C2)n1C. The van der Waals surface area contributed by atoms with Gasteiger partial charge in [-0.05, 0) is 26.2 Å². The minimum atomic E-state index is 0.363. The molecule has 1 heterocycles. The van der Waals surface area contributed by atoms with Crippen LogP contribution < -0.4 is 5.73 Å². The number of aryl methyl sites for hydroxylation is 1. The monoisotopic (exact) mass is 180 g/mol. The molecule has 1 saturated carbocycles. The predicted octanol–water partition coefficient (Wildman–Crippen LogP) is 0.718. The highest BCUT2D eigenvalue weighted by Crippen LogP contribution is 2.32. The average molecular weight is 180 g/mol. The molecule has 1 aromatic rings. The summed E-state index contributed by atoms with van der Waals surface area (Å²) in [4.78, 5) is 0. The highest BCUT2D eigenvalue weighted by Gasteiger charge is 2.26. The third kappa shape index (κ3) is 1.46. The molecular weight excluding hydrogens is 164 g/mol. The molecule has 1 aromatic heterocycles. The summed E-state index contributed by atoms with van der Waals surface area (Å²) in [5.74, 6) is 2.61. The standard InChI is InChI=1S/C9H16N4/c1-6-11-12-9(13(6)2)7-3-4-8(10)5-7/h7-8H,3-5,10H2,1-2H3. The second kappa shape index (κ2) is 3.10. The molecule has 4 nitrogen and oxygen atoms in total. The Bertz CT molecular complexity index is 305. The summed E-state index contributed by atoms with van der Waals surface area (Å²) in [5.41, 5.74) is 5.86. The number of hydrogen-bond donors (Lipinski definition) is 1. The van der Waals surface area contributed by atoms with Crippen LogP contribution >= 0.6 is 0 Å². The van der Waals surface area contributed by atoms with Crippen LogP contribution in [0.2, 0.25) is 0 Å². The topological polar surface area (TPSA) is 56.7 Å². The summed E-state index contributed by atoms with van der Waals surface area (Å²) < 4.78 is 2.07. The van der Waals surface area contributed by atoms with Gasteiger partial charge in [-0.2, -0.15) is 0 Å². The predicted molar refractivity (Wildman–Crippen MR) is 50.3 cm³/mol. The van der Waals surface area contributed by atoms with Gasteiger partial charge >= 0.3 is 0 Å². The molecule has 0 amide bonds. The zero-order valence-corrected chi connectivity index (χ0v) is 8.20. The summed E-state index contributed by atoms with van der Waals surface area (Å²) in [6, 6.07) is 0.363. The molecule has 0 aliphatic heterocycles. The van der Waals surface area contributed by atoms with Crippen LogP contribution in [0.4, 0.5) is 0 Å². The normalized spacial score (nSPS) is 28.2. The van der Waals surface area contributed by atoms with E-state index in [0.717, 1.165) is 30.9 Å². The number of hydrogen-bond acceptors (Lipinski definition) is 3. The molecule has 2 N–H and O–H groups in total. The van der Waals surface area contributed by atoms with Gasteiger partial charge in [0.05, 0.1) is 0 Å². The fourth-order valence-corrected chi connectivity index (χ4v) is 2.03. The number of rotatable bonds is 1. The van der Waals surface area contributed by atoms with Crippen molar-refractivity contribution in [3.8, 4) is 0 Å². The van der Waals surface area contributed by atoms with E-state index in [1.165, 1.54) is 0 Å². The van der Waals surface area contributed by atoms with Gasteiger partial charge in [-0.25, -0.2) is 0 Å². The van der Waals surface area contributed by atoms with Gasteiger partial charge in [0.25, 0.3) is 0 Å². The molecule has 2 unspecified atom stereocenters. The van der Waals surface area contributed by atoms with Gasteiger partial charge in [0.2, 0.25) is 0 Å². The van der Waals surface area contributed by atoms with Gasteiger partial charge in [-0.1, -0.05) is 0 Å². The third-order valence-electron chi connectivity index (χ3n) is 2.96. The lowest BCUT2D eigenvalue weighted by Crippen LogP contribution is -2.15. The van der Waals surface area contributed by atoms with E-state index >= 15 is 0 Å². The van der Waals surface area contributed by atoms with Gasteiger partial charge < -0.3 is 10.3 Å². The van der Waals surface area contributed by atoms with Gasteiger partial charge in [-0.15, -0.1) is 10.2 Å². The summed E-state index contributed by atoms with van der Waals surface area (Å²) in [6.45, 7) is 1.98. The van der Waals surface area contributed by atoms with Crippen LogP contribution in [-0.4, -0.2) is 20.8 Å². The minimum Gasteiger partial charge on any atom is -0.328 e. The zero-order chi connectivity index (χ0) is 9.42. The first-order chi connectivity index (χ1) is 6.18. The first kappa shape index (κ1) is 8.69. The summed E-state index contributed by atoms with van der Waals surface area (Å²) in [7, 11) is 2.02. The lowest BCUT2D eigenvalue weighted by Gasteiger charge is -2.08. The van der Waals surface area contributed by atoms with Gasteiger partial charge in [0.1, 0.15) is 11.6 Å². The number of nitrogens with zero attached hydrogens (tertiary/aromatic N) is 3. The first-order valence-electron chi connectivity index (χ1n) is 4.80. The lowest BCUT2D eigenvalue weighted by atomic mass is 10.1. The van der Waals surface area contributed by atoms with E-state index in [9.17, 15) is 0 Å². The molecule has 1 aliphatic rings. The fraction of sp³-hybridized carbons (Fsp3) is 0.778. The molecule has 0 aromatic carbocycles. The Morgan fingerprint density at radius 2 is 2.15 bits per heavy atom. The number of nitrogens with two attached hydrogens (primary N) is 1. The molecule has 0 spiro atoms. The van der Waals surface area contributed by atoms with Crippen molar-refractivity contribution in [3.05, 3.63) is 11.6 Å². The fourth-order valence-electron chi connectivity index (χ4n) is 2.03. The van der Waals surface area contributed by atoms with Crippen LogP contribution in [-0.2, 0) is 7.05 Å². The van der Waals surface area contributed by atoms with Crippen LogP contribution in [0.5, 0.6) is 0 Å². The van der Waals surface area contributed by atoms with Crippen LogP contribution in [0.3, 0.4) is 0 Å². The van der Waals surface area contributed by atoms with Crippen LogP contribution in [0.25, 0.3) is 0 Å². The molecule has 72 valence electrons. The summed E-state index contributed by atoms with van der Waals surface area (Å²) in [6.07, 6.45) is 3.34. The van der Waals surface area contributed by atoms with E-state index in [-0.39, 0.29) is 0 Å². The van der Waals surface area contributed by atoms with Crippen LogP contribution in [0.15, 0.2) is 0 Å². The van der Waals surface area contributed by atoms with Crippen molar-refractivity contribution in [2.45, 2.75) is 38.1 Å². The number of aromatic nitrogens is 3. The highest BCUT2D eigenvalue weighted by molar-refractivity contribution is 5.04. The lowest BCUT2D eigenvalue weighted by molar-refractivity contribution is 0.611. The summed E-state index contributed by atoms with van der Waals surface area (Å²) >= 11 is 0. The van der Waals surface area contributed by atoms with Crippen molar-refractivity contribution in [1.29, 1.82) is 0 Å². The molecule has 13 heavy (non-hydrogen) atoms. The van der Waals surface area contributed by atoms with E-state index in [4.69, 9.17) is 5.73 Å². The first-order valence-corrected chi connectivity index (χ1v) is 4.80. The largest absolute Gasteiger partial charge is 0.328 e. The second-order valence-corrected chi connectivity index (χ2v) is 3.93. The van der Waals surface area contributed by atoms with Gasteiger partial charge in [0.15, 0.2) is 0 Å². The van der Waals surface area contributed by atoms with Gasteiger partial charge in [0, 0.05) is 19.0 Å². The minimum absolute atomic E-state index is 0.363. The Balaban J connectivity index is 2.21.